The number of rotatable bonds is 6. The van der Waals surface area contributed by atoms with Gasteiger partial charge in [-0.25, -0.2) is 0 Å². The molecule has 0 aromatic heterocycles. The predicted octanol–water partition coefficient (Wildman–Crippen LogP) is 1.48. The number of nitrogens with one attached hydrogen (secondary N) is 1. The molecule has 1 rings (SSSR count). The number of carbonyl (C=O) groups is 1. The first-order valence-corrected chi connectivity index (χ1v) is 5.48. The first kappa shape index (κ1) is 12.1. The second-order valence-corrected chi connectivity index (χ2v) is 4.08. The van der Waals surface area contributed by atoms with E-state index in [0.717, 1.165) is 32.1 Å². The molecule has 0 aromatic rings. The Hall–Kier alpha value is -1.01. The van der Waals surface area contributed by atoms with Crippen LogP contribution in [0.4, 0.5) is 0 Å². The standard InChI is InChI=1S/C12H19NO2/c1-3-4-5-9-13-11(14)10-12(15-2)7-6-8-12/h1H,4-10H2,2H3,(H,13,14). The lowest BCUT2D eigenvalue weighted by Crippen LogP contribution is -2.44. The molecule has 1 N–H and O–H groups in total. The van der Waals surface area contributed by atoms with Crippen molar-refractivity contribution < 1.29 is 9.53 Å². The molecule has 1 amide bonds. The van der Waals surface area contributed by atoms with E-state index >= 15 is 0 Å². The van der Waals surface area contributed by atoms with Crippen LogP contribution in [0.1, 0.15) is 38.5 Å². The van der Waals surface area contributed by atoms with Gasteiger partial charge in [0, 0.05) is 20.1 Å². The van der Waals surface area contributed by atoms with E-state index in [1.807, 2.05) is 0 Å². The number of unbranched alkanes of at least 4 members (excludes halogenated alkanes) is 1. The highest BCUT2D eigenvalue weighted by atomic mass is 16.5. The highest BCUT2D eigenvalue weighted by Crippen LogP contribution is 2.37. The van der Waals surface area contributed by atoms with Gasteiger partial charge in [0.05, 0.1) is 12.0 Å². The summed E-state index contributed by atoms with van der Waals surface area (Å²) < 4.78 is 5.38. The van der Waals surface area contributed by atoms with Crippen LogP contribution in [-0.4, -0.2) is 25.2 Å². The zero-order chi connectivity index (χ0) is 11.1. The maximum absolute atomic E-state index is 11.5. The molecule has 1 aliphatic rings. The summed E-state index contributed by atoms with van der Waals surface area (Å²) in [6.07, 6.45) is 10.3. The van der Waals surface area contributed by atoms with Crippen molar-refractivity contribution in [3.63, 3.8) is 0 Å². The molecule has 3 nitrogen and oxygen atoms in total. The van der Waals surface area contributed by atoms with Crippen LogP contribution >= 0.6 is 0 Å². The van der Waals surface area contributed by atoms with Crippen LogP contribution < -0.4 is 5.32 Å². The van der Waals surface area contributed by atoms with Crippen molar-refractivity contribution in [2.24, 2.45) is 0 Å². The minimum Gasteiger partial charge on any atom is -0.378 e. The zero-order valence-corrected chi connectivity index (χ0v) is 9.34. The largest absolute Gasteiger partial charge is 0.378 e. The molecular weight excluding hydrogens is 190 g/mol. The van der Waals surface area contributed by atoms with Crippen LogP contribution in [-0.2, 0) is 9.53 Å². The Balaban J connectivity index is 2.15. The quantitative estimate of drug-likeness (QED) is 0.531. The molecule has 0 atom stereocenters. The highest BCUT2D eigenvalue weighted by molar-refractivity contribution is 5.77. The van der Waals surface area contributed by atoms with Crippen molar-refractivity contribution in [1.29, 1.82) is 0 Å². The van der Waals surface area contributed by atoms with Gasteiger partial charge < -0.3 is 10.1 Å². The molecular formula is C12H19NO2. The Bertz CT molecular complexity index is 245. The highest BCUT2D eigenvalue weighted by Gasteiger charge is 2.38. The maximum Gasteiger partial charge on any atom is 0.222 e. The summed E-state index contributed by atoms with van der Waals surface area (Å²) in [7, 11) is 1.69. The summed E-state index contributed by atoms with van der Waals surface area (Å²) in [4.78, 5) is 11.5. The summed E-state index contributed by atoms with van der Waals surface area (Å²) in [5.41, 5.74) is -0.170. The lowest BCUT2D eigenvalue weighted by Gasteiger charge is -2.39. The normalized spacial score (nSPS) is 17.6. The van der Waals surface area contributed by atoms with E-state index in [9.17, 15) is 4.79 Å². The molecule has 1 saturated carbocycles. The number of carbonyl (C=O) groups excluding carboxylic acids is 1. The topological polar surface area (TPSA) is 38.3 Å². The van der Waals surface area contributed by atoms with Crippen molar-refractivity contribution in [3.05, 3.63) is 0 Å². The van der Waals surface area contributed by atoms with Crippen molar-refractivity contribution in [2.75, 3.05) is 13.7 Å². The fourth-order valence-electron chi connectivity index (χ4n) is 1.80. The van der Waals surface area contributed by atoms with Crippen LogP contribution in [0.2, 0.25) is 0 Å². The van der Waals surface area contributed by atoms with Gasteiger partial charge in [0.25, 0.3) is 0 Å². The first-order chi connectivity index (χ1) is 7.22. The van der Waals surface area contributed by atoms with Gasteiger partial charge in [-0.15, -0.1) is 12.3 Å². The Kier molecular flexibility index (Phi) is 4.64. The van der Waals surface area contributed by atoms with E-state index < -0.39 is 0 Å². The Labute approximate surface area is 91.6 Å². The number of ether oxygens (including phenoxy) is 1. The van der Waals surface area contributed by atoms with Crippen LogP contribution in [0.25, 0.3) is 0 Å². The molecule has 0 saturated heterocycles. The molecule has 0 heterocycles. The van der Waals surface area contributed by atoms with Gasteiger partial charge in [-0.3, -0.25) is 4.79 Å². The van der Waals surface area contributed by atoms with Gasteiger partial charge in [0.2, 0.25) is 5.91 Å². The van der Waals surface area contributed by atoms with Crippen LogP contribution in [0, 0.1) is 12.3 Å². The summed E-state index contributed by atoms with van der Waals surface area (Å²) in [6, 6.07) is 0. The molecule has 84 valence electrons. The number of amides is 1. The van der Waals surface area contributed by atoms with Gasteiger partial charge in [-0.1, -0.05) is 0 Å². The fourth-order valence-corrected chi connectivity index (χ4v) is 1.80. The molecule has 1 fully saturated rings. The zero-order valence-electron chi connectivity index (χ0n) is 9.34. The summed E-state index contributed by atoms with van der Waals surface area (Å²) >= 11 is 0. The molecule has 3 heteroatoms. The average Bonchev–Trinajstić information content (AvgIpc) is 2.18. The summed E-state index contributed by atoms with van der Waals surface area (Å²) in [5.74, 6) is 2.62. The van der Waals surface area contributed by atoms with E-state index in [1.165, 1.54) is 0 Å². The van der Waals surface area contributed by atoms with Crippen LogP contribution in [0.3, 0.4) is 0 Å². The van der Waals surface area contributed by atoms with Gasteiger partial charge in [0.1, 0.15) is 0 Å². The van der Waals surface area contributed by atoms with Crippen molar-refractivity contribution >= 4 is 5.91 Å². The molecule has 0 radical (unpaired) electrons. The predicted molar refractivity (Wildman–Crippen MR) is 59.3 cm³/mol. The Morgan fingerprint density at radius 1 is 1.60 bits per heavy atom. The lowest BCUT2D eigenvalue weighted by atomic mass is 9.77. The minimum absolute atomic E-state index is 0.0774. The van der Waals surface area contributed by atoms with Gasteiger partial charge in [-0.05, 0) is 25.7 Å². The SMILES string of the molecule is C#CCCCNC(=O)CC1(OC)CCC1. The van der Waals surface area contributed by atoms with E-state index in [4.69, 9.17) is 11.2 Å². The third-order valence-electron chi connectivity index (χ3n) is 3.00. The first-order valence-electron chi connectivity index (χ1n) is 5.48. The third-order valence-corrected chi connectivity index (χ3v) is 3.00. The number of terminal acetylenes is 1. The maximum atomic E-state index is 11.5. The van der Waals surface area contributed by atoms with Crippen LogP contribution in [0.5, 0.6) is 0 Å². The van der Waals surface area contributed by atoms with E-state index in [-0.39, 0.29) is 11.5 Å². The molecule has 15 heavy (non-hydrogen) atoms. The Morgan fingerprint density at radius 3 is 2.80 bits per heavy atom. The van der Waals surface area contributed by atoms with E-state index in [0.29, 0.717) is 13.0 Å². The van der Waals surface area contributed by atoms with Gasteiger partial charge in [0.15, 0.2) is 0 Å². The average molecular weight is 209 g/mol. The van der Waals surface area contributed by atoms with Crippen LogP contribution in [0.15, 0.2) is 0 Å². The van der Waals surface area contributed by atoms with E-state index in [2.05, 4.69) is 11.2 Å². The number of hydrogen-bond donors (Lipinski definition) is 1. The van der Waals surface area contributed by atoms with Crippen molar-refractivity contribution in [3.8, 4) is 12.3 Å². The van der Waals surface area contributed by atoms with Crippen molar-refractivity contribution in [1.82, 2.24) is 5.32 Å². The Morgan fingerprint density at radius 2 is 2.33 bits per heavy atom. The molecule has 0 aromatic carbocycles. The van der Waals surface area contributed by atoms with Crippen molar-refractivity contribution in [2.45, 2.75) is 44.1 Å². The minimum atomic E-state index is -0.170. The monoisotopic (exact) mass is 209 g/mol. The van der Waals surface area contributed by atoms with E-state index in [1.54, 1.807) is 7.11 Å². The third kappa shape index (κ3) is 3.56. The molecule has 1 aliphatic carbocycles. The number of hydrogen-bond acceptors (Lipinski definition) is 2. The fraction of sp³-hybridized carbons (Fsp3) is 0.750. The van der Waals surface area contributed by atoms with Gasteiger partial charge in [-0.2, -0.15) is 0 Å². The molecule has 0 spiro atoms. The molecule has 0 aliphatic heterocycles. The van der Waals surface area contributed by atoms with Gasteiger partial charge >= 0.3 is 0 Å². The summed E-state index contributed by atoms with van der Waals surface area (Å²) in [6.45, 7) is 0.669. The second kappa shape index (κ2) is 5.77. The summed E-state index contributed by atoms with van der Waals surface area (Å²) in [5, 5.41) is 2.86. The molecule has 0 unspecified atom stereocenters. The smallest absolute Gasteiger partial charge is 0.222 e. The molecule has 0 bridgehead atoms. The second-order valence-electron chi connectivity index (χ2n) is 4.08. The number of methoxy groups -OCH3 is 1. The lowest BCUT2D eigenvalue weighted by molar-refractivity contribution is -0.134.